The number of carbonyl (C=O) groups excluding carboxylic acids is 1. The molecular formula is C20H21N3O2S. The van der Waals surface area contributed by atoms with Crippen LogP contribution in [-0.4, -0.2) is 36.1 Å². The van der Waals surface area contributed by atoms with Gasteiger partial charge in [0, 0.05) is 24.8 Å². The van der Waals surface area contributed by atoms with Crippen molar-refractivity contribution in [2.75, 3.05) is 25.5 Å². The van der Waals surface area contributed by atoms with Gasteiger partial charge in [-0.1, -0.05) is 6.08 Å². The van der Waals surface area contributed by atoms with E-state index in [1.165, 1.54) is 0 Å². The second-order valence-corrected chi connectivity index (χ2v) is 6.79. The molecule has 0 spiro atoms. The molecule has 134 valence electrons. The van der Waals surface area contributed by atoms with E-state index in [1.54, 1.807) is 29.4 Å². The number of nitrogens with zero attached hydrogens (tertiary/aromatic N) is 2. The molecule has 0 radical (unpaired) electrons. The first-order valence-corrected chi connectivity index (χ1v) is 9.19. The fraction of sp³-hybridized carbons (Fsp3) is 0.200. The van der Waals surface area contributed by atoms with E-state index in [-0.39, 0.29) is 6.03 Å². The molecule has 2 amide bonds. The zero-order chi connectivity index (χ0) is 18.5. The molecule has 0 saturated heterocycles. The van der Waals surface area contributed by atoms with Gasteiger partial charge in [0.1, 0.15) is 10.8 Å². The summed E-state index contributed by atoms with van der Waals surface area (Å²) in [6, 6.07) is 13.5. The summed E-state index contributed by atoms with van der Waals surface area (Å²) >= 11 is 1.62. The second kappa shape index (κ2) is 8.01. The fourth-order valence-corrected chi connectivity index (χ4v) is 3.48. The van der Waals surface area contributed by atoms with Crippen LogP contribution in [-0.2, 0) is 0 Å². The van der Waals surface area contributed by atoms with Crippen LogP contribution in [0.3, 0.4) is 0 Å². The van der Waals surface area contributed by atoms with Crippen LogP contribution in [0.4, 0.5) is 10.5 Å². The Morgan fingerprint density at radius 3 is 2.77 bits per heavy atom. The minimum Gasteiger partial charge on any atom is -0.494 e. The molecule has 1 N–H and O–H groups in total. The van der Waals surface area contributed by atoms with Gasteiger partial charge < -0.3 is 15.0 Å². The smallest absolute Gasteiger partial charge is 0.321 e. The number of urea groups is 1. The third-order valence-electron chi connectivity index (χ3n) is 3.80. The summed E-state index contributed by atoms with van der Waals surface area (Å²) in [5.41, 5.74) is 2.72. The van der Waals surface area contributed by atoms with Crippen LogP contribution in [0.5, 0.6) is 5.75 Å². The topological polar surface area (TPSA) is 54.5 Å². The maximum Gasteiger partial charge on any atom is 0.321 e. The molecule has 0 aliphatic heterocycles. The maximum atomic E-state index is 12.0. The van der Waals surface area contributed by atoms with Gasteiger partial charge in [0.25, 0.3) is 0 Å². The van der Waals surface area contributed by atoms with Crippen molar-refractivity contribution < 1.29 is 9.53 Å². The number of rotatable bonds is 6. The molecule has 1 aromatic heterocycles. The second-order valence-electron chi connectivity index (χ2n) is 5.76. The molecule has 0 aliphatic rings. The minimum absolute atomic E-state index is 0.166. The molecule has 2 aromatic carbocycles. The number of anilines is 1. The molecule has 3 aromatic rings. The average molecular weight is 367 g/mol. The summed E-state index contributed by atoms with van der Waals surface area (Å²) in [5.74, 6) is 0.858. The first kappa shape index (κ1) is 17.9. The summed E-state index contributed by atoms with van der Waals surface area (Å²) in [5, 5.41) is 3.80. The molecule has 0 unspecified atom stereocenters. The molecule has 6 heteroatoms. The first-order chi connectivity index (χ1) is 12.6. The Hall–Kier alpha value is -2.86. The number of fused-ring (bicyclic) bond motifs is 1. The molecule has 0 fully saturated rings. The monoisotopic (exact) mass is 367 g/mol. The number of amides is 2. The van der Waals surface area contributed by atoms with Crippen LogP contribution in [0.2, 0.25) is 0 Å². The summed E-state index contributed by atoms with van der Waals surface area (Å²) in [7, 11) is 1.73. The standard InChI is InChI=1S/C20H21N3O2S/c1-4-12-23(3)20(24)21-15-8-6-14(7-9-15)19-22-17-11-10-16(25-5-2)13-18(17)26-19/h4,6-11,13H,1,5,12H2,2-3H3,(H,21,24). The third kappa shape index (κ3) is 4.03. The van der Waals surface area contributed by atoms with Gasteiger partial charge in [-0.25, -0.2) is 9.78 Å². The number of thiazole rings is 1. The van der Waals surface area contributed by atoms with E-state index in [2.05, 4.69) is 16.9 Å². The van der Waals surface area contributed by atoms with Gasteiger partial charge in [-0.15, -0.1) is 17.9 Å². The van der Waals surface area contributed by atoms with Crippen LogP contribution in [0.15, 0.2) is 55.1 Å². The fourth-order valence-electron chi connectivity index (χ4n) is 2.48. The lowest BCUT2D eigenvalue weighted by molar-refractivity contribution is 0.226. The Morgan fingerprint density at radius 1 is 1.31 bits per heavy atom. The number of hydrogen-bond acceptors (Lipinski definition) is 4. The van der Waals surface area contributed by atoms with E-state index in [0.717, 1.165) is 32.2 Å². The number of carbonyl (C=O) groups is 1. The Morgan fingerprint density at radius 2 is 2.08 bits per heavy atom. The first-order valence-electron chi connectivity index (χ1n) is 8.37. The Kier molecular flexibility index (Phi) is 5.53. The summed E-state index contributed by atoms with van der Waals surface area (Å²) in [4.78, 5) is 18.2. The van der Waals surface area contributed by atoms with E-state index in [0.29, 0.717) is 13.2 Å². The Bertz CT molecular complexity index is 918. The highest BCUT2D eigenvalue weighted by Crippen LogP contribution is 2.32. The van der Waals surface area contributed by atoms with Gasteiger partial charge >= 0.3 is 6.03 Å². The van der Waals surface area contributed by atoms with Crippen LogP contribution < -0.4 is 10.1 Å². The Balaban J connectivity index is 1.76. The minimum atomic E-state index is -0.166. The zero-order valence-corrected chi connectivity index (χ0v) is 15.7. The van der Waals surface area contributed by atoms with Crippen molar-refractivity contribution in [2.24, 2.45) is 0 Å². The Labute approximate surface area is 156 Å². The lowest BCUT2D eigenvalue weighted by Crippen LogP contribution is -2.31. The van der Waals surface area contributed by atoms with Gasteiger partial charge in [0.2, 0.25) is 0 Å². The van der Waals surface area contributed by atoms with Crippen LogP contribution >= 0.6 is 11.3 Å². The number of nitrogens with one attached hydrogen (secondary N) is 1. The largest absolute Gasteiger partial charge is 0.494 e. The molecule has 0 aliphatic carbocycles. The summed E-state index contributed by atoms with van der Waals surface area (Å²) < 4.78 is 6.64. The molecule has 5 nitrogen and oxygen atoms in total. The van der Waals surface area contributed by atoms with E-state index >= 15 is 0 Å². The maximum absolute atomic E-state index is 12.0. The normalized spacial score (nSPS) is 10.5. The number of aromatic nitrogens is 1. The van der Waals surface area contributed by atoms with Gasteiger partial charge in [-0.3, -0.25) is 0 Å². The number of hydrogen-bond donors (Lipinski definition) is 1. The molecule has 1 heterocycles. The number of likely N-dealkylation sites (N-methyl/N-ethyl adjacent to an activating group) is 1. The highest BCUT2D eigenvalue weighted by atomic mass is 32.1. The highest BCUT2D eigenvalue weighted by molar-refractivity contribution is 7.21. The molecule has 0 saturated carbocycles. The lowest BCUT2D eigenvalue weighted by atomic mass is 10.2. The third-order valence-corrected chi connectivity index (χ3v) is 4.87. The molecule has 0 atom stereocenters. The summed E-state index contributed by atoms with van der Waals surface area (Å²) in [6.45, 7) is 6.75. The van der Waals surface area contributed by atoms with E-state index in [1.807, 2.05) is 49.4 Å². The van der Waals surface area contributed by atoms with Gasteiger partial charge in [-0.2, -0.15) is 0 Å². The van der Waals surface area contributed by atoms with E-state index in [4.69, 9.17) is 4.74 Å². The molecule has 3 rings (SSSR count). The molecule has 0 bridgehead atoms. The number of ether oxygens (including phenoxy) is 1. The van der Waals surface area contributed by atoms with Crippen molar-refractivity contribution in [1.29, 1.82) is 0 Å². The predicted octanol–water partition coefficient (Wildman–Crippen LogP) is 5.01. The quantitative estimate of drug-likeness (QED) is 0.623. The van der Waals surface area contributed by atoms with Gasteiger partial charge in [-0.05, 0) is 49.4 Å². The van der Waals surface area contributed by atoms with E-state index < -0.39 is 0 Å². The van der Waals surface area contributed by atoms with Crippen LogP contribution in [0.1, 0.15) is 6.92 Å². The van der Waals surface area contributed by atoms with Crippen LogP contribution in [0.25, 0.3) is 20.8 Å². The van der Waals surface area contributed by atoms with Crippen molar-refractivity contribution in [3.05, 3.63) is 55.1 Å². The highest BCUT2D eigenvalue weighted by Gasteiger charge is 2.09. The van der Waals surface area contributed by atoms with Crippen molar-refractivity contribution in [2.45, 2.75) is 6.92 Å². The van der Waals surface area contributed by atoms with Crippen molar-refractivity contribution in [3.63, 3.8) is 0 Å². The average Bonchev–Trinajstić information content (AvgIpc) is 3.06. The lowest BCUT2D eigenvalue weighted by Gasteiger charge is -2.15. The van der Waals surface area contributed by atoms with Crippen molar-refractivity contribution in [3.8, 4) is 16.3 Å². The van der Waals surface area contributed by atoms with Crippen molar-refractivity contribution in [1.82, 2.24) is 9.88 Å². The SMILES string of the molecule is C=CCN(C)C(=O)Nc1ccc(-c2nc3ccc(OCC)cc3s2)cc1. The summed E-state index contributed by atoms with van der Waals surface area (Å²) in [6.07, 6.45) is 1.69. The van der Waals surface area contributed by atoms with Crippen molar-refractivity contribution >= 4 is 33.3 Å². The van der Waals surface area contributed by atoms with Crippen LogP contribution in [0, 0.1) is 0 Å². The zero-order valence-electron chi connectivity index (χ0n) is 14.9. The molecular weight excluding hydrogens is 346 g/mol. The molecule has 26 heavy (non-hydrogen) atoms. The number of benzene rings is 2. The van der Waals surface area contributed by atoms with Gasteiger partial charge in [0.15, 0.2) is 0 Å². The van der Waals surface area contributed by atoms with E-state index in [9.17, 15) is 4.79 Å². The van der Waals surface area contributed by atoms with Gasteiger partial charge in [0.05, 0.1) is 16.8 Å². The predicted molar refractivity (Wildman–Crippen MR) is 108 cm³/mol.